The number of hydrogen-bond acceptors (Lipinski definition) is 3. The van der Waals surface area contributed by atoms with Crippen molar-refractivity contribution < 1.29 is 5.11 Å². The van der Waals surface area contributed by atoms with Gasteiger partial charge in [0.1, 0.15) is 0 Å². The van der Waals surface area contributed by atoms with Gasteiger partial charge in [-0.05, 0) is 13.8 Å². The molecule has 1 aromatic heterocycles. The van der Waals surface area contributed by atoms with Crippen molar-refractivity contribution in [1.82, 2.24) is 9.55 Å². The topological polar surface area (TPSA) is 75.1 Å². The second-order valence-electron chi connectivity index (χ2n) is 2.45. The zero-order valence-electron chi connectivity index (χ0n) is 6.92. The number of rotatable bonds is 1. The van der Waals surface area contributed by atoms with E-state index in [1.165, 1.54) is 6.92 Å². The van der Waals surface area contributed by atoms with E-state index in [1.807, 2.05) is 0 Å². The van der Waals surface area contributed by atoms with Gasteiger partial charge in [-0.25, -0.2) is 4.79 Å². The van der Waals surface area contributed by atoms with Gasteiger partial charge in [0, 0.05) is 6.54 Å². The molecule has 1 heterocycles. The predicted molar refractivity (Wildman–Crippen MR) is 43.4 cm³/mol. The van der Waals surface area contributed by atoms with Crippen molar-refractivity contribution in [3.63, 3.8) is 0 Å². The molecular weight excluding hydrogens is 160 g/mol. The Bertz CT molecular complexity index is 402. The Morgan fingerprint density at radius 3 is 2.58 bits per heavy atom. The van der Waals surface area contributed by atoms with Gasteiger partial charge >= 0.3 is 5.69 Å². The Labute approximate surface area is 68.3 Å². The van der Waals surface area contributed by atoms with Crippen molar-refractivity contribution in [3.8, 4) is 5.88 Å². The van der Waals surface area contributed by atoms with Crippen molar-refractivity contribution in [2.75, 3.05) is 0 Å². The van der Waals surface area contributed by atoms with Crippen LogP contribution in [0.1, 0.15) is 12.5 Å². The van der Waals surface area contributed by atoms with Gasteiger partial charge in [-0.3, -0.25) is 14.3 Å². The Morgan fingerprint density at radius 1 is 1.50 bits per heavy atom. The molecule has 0 aromatic carbocycles. The number of aromatic nitrogens is 2. The first kappa shape index (κ1) is 8.58. The van der Waals surface area contributed by atoms with Crippen LogP contribution in [0.5, 0.6) is 5.88 Å². The number of nitrogens with one attached hydrogen (secondary N) is 1. The molecular formula is C7H10N2O3. The van der Waals surface area contributed by atoms with E-state index < -0.39 is 11.2 Å². The molecule has 66 valence electrons. The summed E-state index contributed by atoms with van der Waals surface area (Å²) in [6.07, 6.45) is 0. The molecule has 0 radical (unpaired) electrons. The van der Waals surface area contributed by atoms with Crippen molar-refractivity contribution >= 4 is 0 Å². The fourth-order valence-electron chi connectivity index (χ4n) is 0.952. The number of H-pyrrole nitrogens is 1. The van der Waals surface area contributed by atoms with E-state index in [0.717, 1.165) is 4.57 Å². The zero-order valence-corrected chi connectivity index (χ0v) is 6.92. The number of aromatic hydroxyl groups is 1. The van der Waals surface area contributed by atoms with Crippen LogP contribution in [-0.4, -0.2) is 14.7 Å². The smallest absolute Gasteiger partial charge is 0.331 e. The van der Waals surface area contributed by atoms with Gasteiger partial charge in [-0.1, -0.05) is 0 Å². The summed E-state index contributed by atoms with van der Waals surface area (Å²) in [7, 11) is 0. The highest BCUT2D eigenvalue weighted by molar-refractivity contribution is 5.19. The minimum absolute atomic E-state index is 0.163. The first-order valence-electron chi connectivity index (χ1n) is 3.60. The summed E-state index contributed by atoms with van der Waals surface area (Å²) in [5.41, 5.74) is -0.954. The van der Waals surface area contributed by atoms with E-state index in [2.05, 4.69) is 4.98 Å². The zero-order chi connectivity index (χ0) is 9.30. The molecule has 0 aliphatic heterocycles. The maximum atomic E-state index is 11.0. The lowest BCUT2D eigenvalue weighted by Gasteiger charge is -2.05. The van der Waals surface area contributed by atoms with Crippen LogP contribution in [0.3, 0.4) is 0 Å². The Morgan fingerprint density at radius 2 is 2.08 bits per heavy atom. The largest absolute Gasteiger partial charge is 0.494 e. The lowest BCUT2D eigenvalue weighted by atomic mass is 10.3. The molecule has 2 N–H and O–H groups in total. The normalized spacial score (nSPS) is 10.2. The van der Waals surface area contributed by atoms with Crippen molar-refractivity contribution in [1.29, 1.82) is 0 Å². The monoisotopic (exact) mass is 170 g/mol. The molecule has 0 aliphatic rings. The highest BCUT2D eigenvalue weighted by atomic mass is 16.3. The van der Waals surface area contributed by atoms with Gasteiger partial charge in [-0.15, -0.1) is 0 Å². The molecule has 1 aromatic rings. The lowest BCUT2D eigenvalue weighted by molar-refractivity contribution is 0.401. The second kappa shape index (κ2) is 2.84. The van der Waals surface area contributed by atoms with Crippen molar-refractivity contribution in [3.05, 3.63) is 26.4 Å². The summed E-state index contributed by atoms with van der Waals surface area (Å²) in [6.45, 7) is 3.50. The first-order valence-corrected chi connectivity index (χ1v) is 3.60. The first-order chi connectivity index (χ1) is 5.57. The summed E-state index contributed by atoms with van der Waals surface area (Å²) >= 11 is 0. The Balaban J connectivity index is 3.63. The van der Waals surface area contributed by atoms with Crippen LogP contribution in [0.4, 0.5) is 0 Å². The highest BCUT2D eigenvalue weighted by Crippen LogP contribution is 2.06. The minimum Gasteiger partial charge on any atom is -0.494 e. The van der Waals surface area contributed by atoms with Crippen LogP contribution in [0, 0.1) is 6.92 Å². The molecule has 0 amide bonds. The summed E-state index contributed by atoms with van der Waals surface area (Å²) in [5, 5.41) is 9.30. The number of hydrogen-bond donors (Lipinski definition) is 2. The molecule has 5 heteroatoms. The second-order valence-corrected chi connectivity index (χ2v) is 2.45. The predicted octanol–water partition coefficient (Wildman–Crippen LogP) is -0.429. The van der Waals surface area contributed by atoms with Gasteiger partial charge in [-0.2, -0.15) is 0 Å². The molecule has 1 rings (SSSR count). The average Bonchev–Trinajstić information content (AvgIpc) is 2.01. The molecule has 0 saturated heterocycles. The van der Waals surface area contributed by atoms with E-state index in [4.69, 9.17) is 0 Å². The fourth-order valence-corrected chi connectivity index (χ4v) is 0.952. The van der Waals surface area contributed by atoms with Crippen LogP contribution in [-0.2, 0) is 6.54 Å². The van der Waals surface area contributed by atoms with Crippen LogP contribution >= 0.6 is 0 Å². The molecule has 0 unspecified atom stereocenters. The molecule has 12 heavy (non-hydrogen) atoms. The third-order valence-corrected chi connectivity index (χ3v) is 1.71. The molecule has 0 spiro atoms. The molecule has 0 bridgehead atoms. The minimum atomic E-state index is -0.578. The van der Waals surface area contributed by atoms with E-state index in [0.29, 0.717) is 6.54 Å². The van der Waals surface area contributed by atoms with E-state index >= 15 is 0 Å². The quantitative estimate of drug-likeness (QED) is 0.600. The molecule has 0 fully saturated rings. The standard InChI is InChI=1S/C7H10N2O3/c1-3-9-6(11)4(2)5(10)8-7(9)12/h11H,3H2,1-2H3,(H,8,10,12). The third kappa shape index (κ3) is 1.13. The van der Waals surface area contributed by atoms with E-state index in [9.17, 15) is 14.7 Å². The van der Waals surface area contributed by atoms with Gasteiger partial charge in [0.25, 0.3) is 5.56 Å². The molecule has 0 atom stereocenters. The summed E-state index contributed by atoms with van der Waals surface area (Å²) in [4.78, 5) is 24.0. The van der Waals surface area contributed by atoms with Crippen LogP contribution in [0.25, 0.3) is 0 Å². The van der Waals surface area contributed by atoms with Gasteiger partial charge in [0.15, 0.2) is 0 Å². The number of nitrogens with zero attached hydrogens (tertiary/aromatic N) is 1. The van der Waals surface area contributed by atoms with E-state index in [-0.39, 0.29) is 11.4 Å². The summed E-state index contributed by atoms with van der Waals surface area (Å²) < 4.78 is 1.09. The number of aromatic amines is 1. The lowest BCUT2D eigenvalue weighted by Crippen LogP contribution is -2.30. The maximum Gasteiger partial charge on any atom is 0.331 e. The molecule has 0 aliphatic carbocycles. The van der Waals surface area contributed by atoms with Crippen LogP contribution in [0.2, 0.25) is 0 Å². The van der Waals surface area contributed by atoms with Crippen LogP contribution in [0.15, 0.2) is 9.59 Å². The van der Waals surface area contributed by atoms with E-state index in [1.54, 1.807) is 6.92 Å². The summed E-state index contributed by atoms with van der Waals surface area (Å²) in [5.74, 6) is -0.258. The van der Waals surface area contributed by atoms with Gasteiger partial charge in [0.2, 0.25) is 5.88 Å². The van der Waals surface area contributed by atoms with Crippen molar-refractivity contribution in [2.24, 2.45) is 0 Å². The van der Waals surface area contributed by atoms with Gasteiger partial charge < -0.3 is 5.11 Å². The fraction of sp³-hybridized carbons (Fsp3) is 0.429. The molecule has 0 saturated carbocycles. The maximum absolute atomic E-state index is 11.0. The Kier molecular flexibility index (Phi) is 2.03. The van der Waals surface area contributed by atoms with Gasteiger partial charge in [0.05, 0.1) is 5.56 Å². The van der Waals surface area contributed by atoms with Crippen molar-refractivity contribution in [2.45, 2.75) is 20.4 Å². The van der Waals surface area contributed by atoms with Crippen LogP contribution < -0.4 is 11.2 Å². The third-order valence-electron chi connectivity index (χ3n) is 1.71. The highest BCUT2D eigenvalue weighted by Gasteiger charge is 2.07. The average molecular weight is 170 g/mol. The molecule has 5 nitrogen and oxygen atoms in total. The summed E-state index contributed by atoms with van der Waals surface area (Å²) in [6, 6.07) is 0. The Hall–Kier alpha value is -1.52. The SMILES string of the molecule is CCn1c(O)c(C)c(=O)[nH]c1=O.